The van der Waals surface area contributed by atoms with E-state index in [0.29, 0.717) is 24.7 Å². The summed E-state index contributed by atoms with van der Waals surface area (Å²) in [4.78, 5) is 18.2. The van der Waals surface area contributed by atoms with Gasteiger partial charge in [0, 0.05) is 35.0 Å². The Labute approximate surface area is 219 Å². The van der Waals surface area contributed by atoms with Gasteiger partial charge < -0.3 is 19.3 Å². The van der Waals surface area contributed by atoms with Gasteiger partial charge >= 0.3 is 5.97 Å². The third-order valence-corrected chi connectivity index (χ3v) is 6.62. The summed E-state index contributed by atoms with van der Waals surface area (Å²) in [5.41, 5.74) is 1.24. The molecule has 0 spiro atoms. The number of esters is 1. The minimum atomic E-state index is -1.31. The number of carbonyl (C=O) groups excluding carboxylic acids is 1. The topological polar surface area (TPSA) is 77.4 Å². The minimum absolute atomic E-state index is 0.0769. The molecular formula is C29H28BrNO5. The van der Waals surface area contributed by atoms with E-state index in [0.717, 1.165) is 21.2 Å². The summed E-state index contributed by atoms with van der Waals surface area (Å²) in [6.07, 6.45) is 4.05. The molecule has 0 aromatic heterocycles. The largest absolute Gasteiger partial charge is 0.494 e. The second-order valence-corrected chi connectivity index (χ2v) is 9.17. The number of hydrogen-bond acceptors (Lipinski definition) is 6. The quantitative estimate of drug-likeness (QED) is 0.257. The highest BCUT2D eigenvalue weighted by Crippen LogP contribution is 2.45. The Morgan fingerprint density at radius 1 is 1.08 bits per heavy atom. The Bertz CT molecular complexity index is 1230. The number of aliphatic hydroxyl groups is 1. The van der Waals surface area contributed by atoms with Crippen molar-refractivity contribution < 1.29 is 24.1 Å². The summed E-state index contributed by atoms with van der Waals surface area (Å²) in [6.45, 7) is 0.504. The molecule has 3 aromatic carbocycles. The smallest absolute Gasteiger partial charge is 0.338 e. The fourth-order valence-electron chi connectivity index (χ4n) is 4.07. The van der Waals surface area contributed by atoms with Crippen molar-refractivity contribution in [3.8, 4) is 5.75 Å². The first-order valence-corrected chi connectivity index (χ1v) is 12.5. The Kier molecular flexibility index (Phi) is 8.57. The van der Waals surface area contributed by atoms with Crippen LogP contribution in [0.25, 0.3) is 6.08 Å². The number of benzene rings is 3. The molecule has 7 heteroatoms. The van der Waals surface area contributed by atoms with Crippen LogP contribution in [0, 0.1) is 0 Å². The van der Waals surface area contributed by atoms with Crippen LogP contribution in [-0.2, 0) is 14.3 Å². The summed E-state index contributed by atoms with van der Waals surface area (Å²) < 4.78 is 18.1. The molecule has 0 amide bonds. The Balaban J connectivity index is 1.71. The Morgan fingerprint density at radius 2 is 1.81 bits per heavy atom. The van der Waals surface area contributed by atoms with Gasteiger partial charge in [0.25, 0.3) is 0 Å². The number of methoxy groups -OCH3 is 1. The lowest BCUT2D eigenvalue weighted by Crippen LogP contribution is -2.41. The average molecular weight is 550 g/mol. The second-order valence-electron chi connectivity index (χ2n) is 8.32. The van der Waals surface area contributed by atoms with Gasteiger partial charge in [-0.25, -0.2) is 9.79 Å². The SMILES string of the molecule is COC(=O)[C@]1(C/C=C/c2ccccc2)N=C(c2ccc(OCCCO)cc2)O[C@@H]1c1ccccc1Br. The first-order chi connectivity index (χ1) is 17.6. The molecule has 0 saturated carbocycles. The van der Waals surface area contributed by atoms with Gasteiger partial charge in [-0.3, -0.25) is 0 Å². The van der Waals surface area contributed by atoms with Crippen LogP contribution in [0.5, 0.6) is 5.75 Å². The van der Waals surface area contributed by atoms with Crippen LogP contribution < -0.4 is 4.74 Å². The number of aliphatic imine (C=N–C) groups is 1. The highest BCUT2D eigenvalue weighted by Gasteiger charge is 2.54. The van der Waals surface area contributed by atoms with Crippen LogP contribution in [0.4, 0.5) is 0 Å². The molecule has 2 atom stereocenters. The van der Waals surface area contributed by atoms with Gasteiger partial charge in [-0.15, -0.1) is 0 Å². The van der Waals surface area contributed by atoms with Gasteiger partial charge in [0.05, 0.1) is 13.7 Å². The first kappa shape index (κ1) is 25.7. The lowest BCUT2D eigenvalue weighted by atomic mass is 9.85. The Hall–Kier alpha value is -3.42. The molecule has 1 aliphatic rings. The monoisotopic (exact) mass is 549 g/mol. The molecule has 3 aromatic rings. The summed E-state index contributed by atoms with van der Waals surface area (Å²) in [5, 5.41) is 8.95. The van der Waals surface area contributed by atoms with Crippen molar-refractivity contribution >= 4 is 33.9 Å². The number of carbonyl (C=O) groups is 1. The number of rotatable bonds is 10. The van der Waals surface area contributed by atoms with Crippen molar-refractivity contribution in [1.29, 1.82) is 0 Å². The minimum Gasteiger partial charge on any atom is -0.494 e. The van der Waals surface area contributed by atoms with E-state index >= 15 is 0 Å². The summed E-state index contributed by atoms with van der Waals surface area (Å²) in [5.74, 6) is 0.564. The third-order valence-electron chi connectivity index (χ3n) is 5.90. The van der Waals surface area contributed by atoms with Crippen molar-refractivity contribution in [2.45, 2.75) is 24.5 Å². The summed E-state index contributed by atoms with van der Waals surface area (Å²) >= 11 is 3.61. The maximum atomic E-state index is 13.4. The lowest BCUT2D eigenvalue weighted by molar-refractivity contribution is -0.149. The van der Waals surface area contributed by atoms with Crippen LogP contribution in [0.1, 0.15) is 35.6 Å². The molecule has 1 heterocycles. The van der Waals surface area contributed by atoms with Crippen molar-refractivity contribution in [3.63, 3.8) is 0 Å². The number of ether oxygens (including phenoxy) is 3. The van der Waals surface area contributed by atoms with Crippen molar-refractivity contribution in [2.75, 3.05) is 20.3 Å². The van der Waals surface area contributed by atoms with Crippen molar-refractivity contribution in [3.05, 3.63) is 106 Å². The van der Waals surface area contributed by atoms with Crippen LogP contribution in [0.15, 0.2) is 94.4 Å². The average Bonchev–Trinajstić information content (AvgIpc) is 3.30. The molecule has 0 aliphatic carbocycles. The standard InChI is InChI=1S/C29H28BrNO5/c1-34-28(33)29(18-7-11-21-9-3-2-4-10-21)26(24-12-5-6-13-25(24)30)36-27(31-29)22-14-16-23(17-15-22)35-20-8-19-32/h2-7,9-17,26,32H,8,18-20H2,1H3/b11-7+/t26-,29-/m1/s1. The van der Waals surface area contributed by atoms with Gasteiger partial charge in [0.2, 0.25) is 11.4 Å². The summed E-state index contributed by atoms with van der Waals surface area (Å²) in [6, 6.07) is 24.9. The van der Waals surface area contributed by atoms with Crippen LogP contribution in [0.2, 0.25) is 0 Å². The highest BCUT2D eigenvalue weighted by atomic mass is 79.9. The molecule has 6 nitrogen and oxygen atoms in total. The van der Waals surface area contributed by atoms with Crippen LogP contribution >= 0.6 is 15.9 Å². The molecule has 36 heavy (non-hydrogen) atoms. The van der Waals surface area contributed by atoms with Gasteiger partial charge in [-0.1, -0.05) is 76.6 Å². The second kappa shape index (κ2) is 12.0. The molecule has 186 valence electrons. The van der Waals surface area contributed by atoms with Gasteiger partial charge in [-0.2, -0.15) is 0 Å². The molecule has 0 radical (unpaired) electrons. The molecule has 0 fully saturated rings. The van der Waals surface area contributed by atoms with E-state index in [1.165, 1.54) is 7.11 Å². The first-order valence-electron chi connectivity index (χ1n) is 11.7. The zero-order valence-corrected chi connectivity index (χ0v) is 21.6. The molecular weight excluding hydrogens is 522 g/mol. The molecule has 1 N–H and O–H groups in total. The van der Waals surface area contributed by atoms with Gasteiger partial charge in [-0.05, 0) is 35.9 Å². The molecule has 0 bridgehead atoms. The summed E-state index contributed by atoms with van der Waals surface area (Å²) in [7, 11) is 1.37. The fraction of sp³-hybridized carbons (Fsp3) is 0.241. The van der Waals surface area contributed by atoms with E-state index < -0.39 is 17.6 Å². The molecule has 4 rings (SSSR count). The highest BCUT2D eigenvalue weighted by molar-refractivity contribution is 9.10. The van der Waals surface area contributed by atoms with E-state index in [4.69, 9.17) is 24.3 Å². The third kappa shape index (κ3) is 5.69. The van der Waals surface area contributed by atoms with E-state index in [1.54, 1.807) is 0 Å². The predicted molar refractivity (Wildman–Crippen MR) is 143 cm³/mol. The Morgan fingerprint density at radius 3 is 2.50 bits per heavy atom. The van der Waals surface area contributed by atoms with Crippen LogP contribution in [-0.4, -0.2) is 42.8 Å². The van der Waals surface area contributed by atoms with Crippen LogP contribution in [0.3, 0.4) is 0 Å². The number of nitrogens with zero attached hydrogens (tertiary/aromatic N) is 1. The van der Waals surface area contributed by atoms with E-state index in [9.17, 15) is 4.79 Å². The zero-order chi connectivity index (χ0) is 25.4. The normalized spacial score (nSPS) is 19.1. The van der Waals surface area contributed by atoms with Crippen molar-refractivity contribution in [1.82, 2.24) is 0 Å². The van der Waals surface area contributed by atoms with Gasteiger partial charge in [0.15, 0.2) is 6.10 Å². The molecule has 1 aliphatic heterocycles. The van der Waals surface area contributed by atoms with E-state index in [2.05, 4.69) is 15.9 Å². The van der Waals surface area contributed by atoms with E-state index in [1.807, 2.05) is 91.0 Å². The maximum absolute atomic E-state index is 13.4. The fourth-order valence-corrected chi connectivity index (χ4v) is 4.56. The number of aliphatic hydroxyl groups excluding tert-OH is 1. The number of halogens is 1. The lowest BCUT2D eigenvalue weighted by Gasteiger charge is -2.28. The maximum Gasteiger partial charge on any atom is 0.338 e. The molecule has 0 unspecified atom stereocenters. The number of hydrogen-bond donors (Lipinski definition) is 1. The van der Waals surface area contributed by atoms with Crippen molar-refractivity contribution in [2.24, 2.45) is 4.99 Å². The molecule has 0 saturated heterocycles. The zero-order valence-electron chi connectivity index (χ0n) is 20.0. The van der Waals surface area contributed by atoms with E-state index in [-0.39, 0.29) is 13.0 Å². The van der Waals surface area contributed by atoms with Gasteiger partial charge in [0.1, 0.15) is 5.75 Å². The predicted octanol–water partition coefficient (Wildman–Crippen LogP) is 5.74.